The summed E-state index contributed by atoms with van der Waals surface area (Å²) in [6.07, 6.45) is 3.41. The summed E-state index contributed by atoms with van der Waals surface area (Å²) < 4.78 is 0. The molecule has 0 saturated carbocycles. The maximum absolute atomic E-state index is 12.7. The third kappa shape index (κ3) is 3.88. The van der Waals surface area contributed by atoms with E-state index in [0.29, 0.717) is 12.6 Å². The average molecular weight is 292 g/mol. The molecule has 0 radical (unpaired) electrons. The highest BCUT2D eigenvalue weighted by molar-refractivity contribution is 5.97. The Bertz CT molecular complexity index is 496. The van der Waals surface area contributed by atoms with E-state index in [1.54, 1.807) is 4.90 Å². The van der Waals surface area contributed by atoms with Crippen LogP contribution in [0.15, 0.2) is 18.2 Å². The van der Waals surface area contributed by atoms with Crippen LogP contribution in [0.25, 0.3) is 0 Å². The Morgan fingerprint density at radius 1 is 1.38 bits per heavy atom. The second kappa shape index (κ2) is 6.80. The highest BCUT2D eigenvalue weighted by Gasteiger charge is 2.25. The van der Waals surface area contributed by atoms with Crippen LogP contribution in [-0.2, 0) is 0 Å². The Labute approximate surface area is 125 Å². The van der Waals surface area contributed by atoms with E-state index in [9.17, 15) is 15.0 Å². The minimum absolute atomic E-state index is 0.0179. The first-order chi connectivity index (χ1) is 9.99. The Morgan fingerprint density at radius 2 is 2.14 bits per heavy atom. The second-order valence-electron chi connectivity index (χ2n) is 5.90. The van der Waals surface area contributed by atoms with Gasteiger partial charge < -0.3 is 20.4 Å². The third-order valence-corrected chi connectivity index (χ3v) is 3.92. The molecule has 2 rings (SSSR count). The monoisotopic (exact) mass is 292 g/mol. The van der Waals surface area contributed by atoms with Gasteiger partial charge in [0.25, 0.3) is 5.91 Å². The molecule has 1 saturated heterocycles. The molecule has 5 nitrogen and oxygen atoms in total. The molecule has 5 heteroatoms. The molecule has 1 unspecified atom stereocenters. The van der Waals surface area contributed by atoms with Crippen LogP contribution in [-0.4, -0.2) is 46.2 Å². The van der Waals surface area contributed by atoms with Crippen molar-refractivity contribution in [3.05, 3.63) is 23.8 Å². The number of carbonyl (C=O) groups excluding carboxylic acids is 1. The molecule has 116 valence electrons. The Morgan fingerprint density at radius 3 is 2.76 bits per heavy atom. The first kappa shape index (κ1) is 15.6. The van der Waals surface area contributed by atoms with Crippen molar-refractivity contribution >= 4 is 5.91 Å². The quantitative estimate of drug-likeness (QED) is 0.743. The number of nitrogens with one attached hydrogen (secondary N) is 1. The van der Waals surface area contributed by atoms with Gasteiger partial charge in [0.15, 0.2) is 0 Å². The van der Waals surface area contributed by atoms with Gasteiger partial charge in [-0.05, 0) is 51.4 Å². The lowest BCUT2D eigenvalue weighted by Gasteiger charge is -2.33. The van der Waals surface area contributed by atoms with Crippen molar-refractivity contribution < 1.29 is 15.0 Å². The Kier molecular flexibility index (Phi) is 5.07. The molecular formula is C16H24N2O3. The number of aromatic hydroxyl groups is 2. The fourth-order valence-corrected chi connectivity index (χ4v) is 2.70. The van der Waals surface area contributed by atoms with Gasteiger partial charge in [-0.3, -0.25) is 4.79 Å². The number of phenolic OH excluding ortho intramolecular Hbond substituents is 2. The fourth-order valence-electron chi connectivity index (χ4n) is 2.70. The molecule has 0 aliphatic carbocycles. The third-order valence-electron chi connectivity index (χ3n) is 3.92. The number of amides is 1. The lowest BCUT2D eigenvalue weighted by molar-refractivity contribution is 0.0673. The topological polar surface area (TPSA) is 72.8 Å². The summed E-state index contributed by atoms with van der Waals surface area (Å²) in [5.74, 6) is -0.360. The van der Waals surface area contributed by atoms with Crippen LogP contribution < -0.4 is 5.32 Å². The van der Waals surface area contributed by atoms with Gasteiger partial charge >= 0.3 is 0 Å². The van der Waals surface area contributed by atoms with Crippen molar-refractivity contribution in [3.63, 3.8) is 0 Å². The summed E-state index contributed by atoms with van der Waals surface area (Å²) in [6, 6.07) is 4.36. The van der Waals surface area contributed by atoms with Crippen molar-refractivity contribution in [3.8, 4) is 11.5 Å². The molecule has 1 aromatic rings. The van der Waals surface area contributed by atoms with E-state index in [-0.39, 0.29) is 29.0 Å². The van der Waals surface area contributed by atoms with Gasteiger partial charge in [0.05, 0.1) is 5.56 Å². The van der Waals surface area contributed by atoms with Crippen LogP contribution in [0.5, 0.6) is 11.5 Å². The lowest BCUT2D eigenvalue weighted by atomic mass is 10.0. The molecule has 3 N–H and O–H groups in total. The smallest absolute Gasteiger partial charge is 0.258 e. The molecule has 1 aliphatic heterocycles. The van der Waals surface area contributed by atoms with E-state index < -0.39 is 0 Å². The number of hydrogen-bond acceptors (Lipinski definition) is 4. The van der Waals surface area contributed by atoms with E-state index in [2.05, 4.69) is 5.32 Å². The first-order valence-electron chi connectivity index (χ1n) is 7.55. The maximum Gasteiger partial charge on any atom is 0.258 e. The summed E-state index contributed by atoms with van der Waals surface area (Å²) in [6.45, 7) is 5.52. The van der Waals surface area contributed by atoms with Gasteiger partial charge in [0.1, 0.15) is 11.5 Å². The molecule has 1 aliphatic rings. The number of benzene rings is 1. The summed E-state index contributed by atoms with van der Waals surface area (Å²) in [7, 11) is 0. The number of carbonyl (C=O) groups is 1. The molecule has 1 fully saturated rings. The predicted molar refractivity (Wildman–Crippen MR) is 81.6 cm³/mol. The van der Waals surface area contributed by atoms with Crippen LogP contribution in [0.2, 0.25) is 0 Å². The van der Waals surface area contributed by atoms with Crippen molar-refractivity contribution in [2.75, 3.05) is 13.1 Å². The maximum atomic E-state index is 12.7. The number of piperidine rings is 1. The van der Waals surface area contributed by atoms with Crippen LogP contribution in [0, 0.1) is 0 Å². The molecule has 1 atom stereocenters. The molecule has 0 spiro atoms. The molecule has 1 amide bonds. The summed E-state index contributed by atoms with van der Waals surface area (Å²) in [5.41, 5.74) is 0.152. The average Bonchev–Trinajstić information content (AvgIpc) is 2.47. The zero-order valence-corrected chi connectivity index (χ0v) is 12.7. The molecule has 0 bridgehead atoms. The zero-order chi connectivity index (χ0) is 15.4. The molecular weight excluding hydrogens is 268 g/mol. The van der Waals surface area contributed by atoms with Crippen LogP contribution in [0.3, 0.4) is 0 Å². The van der Waals surface area contributed by atoms with E-state index in [1.165, 1.54) is 31.0 Å². The van der Waals surface area contributed by atoms with Crippen molar-refractivity contribution in [2.45, 2.75) is 45.2 Å². The van der Waals surface area contributed by atoms with Gasteiger partial charge in [-0.15, -0.1) is 0 Å². The molecule has 1 heterocycles. The van der Waals surface area contributed by atoms with Gasteiger partial charge in [0, 0.05) is 18.6 Å². The van der Waals surface area contributed by atoms with E-state index in [1.807, 2.05) is 13.8 Å². The number of phenols is 2. The highest BCUT2D eigenvalue weighted by atomic mass is 16.3. The predicted octanol–water partition coefficient (Wildman–Crippen LogP) is 2.09. The second-order valence-corrected chi connectivity index (χ2v) is 5.90. The van der Waals surface area contributed by atoms with E-state index >= 15 is 0 Å². The standard InChI is InChI=1S/C16H24N2O3/c1-11(2)18(10-12-5-3-4-8-17-12)16(21)14-9-13(19)6-7-15(14)20/h6-7,9,11-12,17,19-20H,3-5,8,10H2,1-2H3. The largest absolute Gasteiger partial charge is 0.508 e. The molecule has 1 aromatic carbocycles. The van der Waals surface area contributed by atoms with Gasteiger partial charge in [0.2, 0.25) is 0 Å². The Balaban J connectivity index is 2.16. The zero-order valence-electron chi connectivity index (χ0n) is 12.7. The summed E-state index contributed by atoms with van der Waals surface area (Å²) in [4.78, 5) is 14.4. The van der Waals surface area contributed by atoms with Crippen molar-refractivity contribution in [1.82, 2.24) is 10.2 Å². The SMILES string of the molecule is CC(C)N(CC1CCCCN1)C(=O)c1cc(O)ccc1O. The minimum Gasteiger partial charge on any atom is -0.508 e. The lowest BCUT2D eigenvalue weighted by Crippen LogP contribution is -2.48. The van der Waals surface area contributed by atoms with Crippen molar-refractivity contribution in [1.29, 1.82) is 0 Å². The van der Waals surface area contributed by atoms with E-state index in [0.717, 1.165) is 13.0 Å². The Hall–Kier alpha value is -1.75. The molecule has 21 heavy (non-hydrogen) atoms. The normalized spacial score (nSPS) is 18.7. The summed E-state index contributed by atoms with van der Waals surface area (Å²) >= 11 is 0. The van der Waals surface area contributed by atoms with Crippen LogP contribution >= 0.6 is 0 Å². The minimum atomic E-state index is -0.245. The van der Waals surface area contributed by atoms with Gasteiger partial charge in [-0.1, -0.05) is 6.42 Å². The van der Waals surface area contributed by atoms with E-state index in [4.69, 9.17) is 0 Å². The summed E-state index contributed by atoms with van der Waals surface area (Å²) in [5, 5.41) is 22.8. The number of nitrogens with zero attached hydrogens (tertiary/aromatic N) is 1. The fraction of sp³-hybridized carbons (Fsp3) is 0.562. The van der Waals surface area contributed by atoms with Crippen LogP contribution in [0.4, 0.5) is 0 Å². The number of hydrogen-bond donors (Lipinski definition) is 3. The molecule has 0 aromatic heterocycles. The number of rotatable bonds is 4. The first-order valence-corrected chi connectivity index (χ1v) is 7.55. The highest BCUT2D eigenvalue weighted by Crippen LogP contribution is 2.24. The van der Waals surface area contributed by atoms with Crippen LogP contribution in [0.1, 0.15) is 43.5 Å². The van der Waals surface area contributed by atoms with Gasteiger partial charge in [-0.2, -0.15) is 0 Å². The van der Waals surface area contributed by atoms with Crippen molar-refractivity contribution in [2.24, 2.45) is 0 Å². The van der Waals surface area contributed by atoms with Gasteiger partial charge in [-0.25, -0.2) is 0 Å².